The van der Waals surface area contributed by atoms with Crippen LogP contribution in [0.5, 0.6) is 0 Å². The second-order valence-corrected chi connectivity index (χ2v) is 22.1. The average Bonchev–Trinajstić information content (AvgIpc) is 3.00. The number of nitriles is 1. The van der Waals surface area contributed by atoms with Crippen molar-refractivity contribution in [3.05, 3.63) is 23.4 Å². The summed E-state index contributed by atoms with van der Waals surface area (Å²) >= 11 is -2.76. The van der Waals surface area contributed by atoms with E-state index in [0.717, 1.165) is 22.3 Å². The van der Waals surface area contributed by atoms with Gasteiger partial charge in [-0.2, -0.15) is 0 Å². The Balaban J connectivity index is 2.29. The maximum atomic E-state index is 10.4. The number of fused-ring (bicyclic) bond motifs is 1. The molecule has 0 radical (unpaired) electrons. The van der Waals surface area contributed by atoms with Crippen molar-refractivity contribution in [3.63, 3.8) is 0 Å². The quantitative estimate of drug-likeness (QED) is 0.312. The summed E-state index contributed by atoms with van der Waals surface area (Å²) in [5.74, 6) is 0. The van der Waals surface area contributed by atoms with Crippen LogP contribution in [0.15, 0.2) is 12.1 Å². The Kier molecular flexibility index (Phi) is 8.07. The number of pyridine rings is 1. The van der Waals surface area contributed by atoms with E-state index in [2.05, 4.69) is 50.5 Å². The normalized spacial score (nSPS) is 14.9. The van der Waals surface area contributed by atoms with Gasteiger partial charge in [-0.05, 0) is 0 Å². The van der Waals surface area contributed by atoms with Gasteiger partial charge in [0.25, 0.3) is 0 Å². The minimum atomic E-state index is -2.76. The Labute approximate surface area is 181 Å². The van der Waals surface area contributed by atoms with E-state index in [1.807, 2.05) is 0 Å². The van der Waals surface area contributed by atoms with Gasteiger partial charge in [0.05, 0.1) is 0 Å². The first-order valence-corrected chi connectivity index (χ1v) is 19.5. The first kappa shape index (κ1) is 22.7. The third kappa shape index (κ3) is 4.53. The molecule has 1 saturated carbocycles. The summed E-state index contributed by atoms with van der Waals surface area (Å²) in [6.45, 7) is 9.07. The molecular formula is C25H39N3Sn. The van der Waals surface area contributed by atoms with Crippen molar-refractivity contribution in [3.8, 4) is 6.07 Å². The molecule has 0 saturated heterocycles. The summed E-state index contributed by atoms with van der Waals surface area (Å²) in [5.41, 5.74) is 3.20. The molecule has 0 N–H and O–H groups in total. The van der Waals surface area contributed by atoms with Gasteiger partial charge in [0.2, 0.25) is 0 Å². The number of aromatic nitrogens is 2. The minimum absolute atomic E-state index is 0.574. The fraction of sp³-hybridized carbons (Fsp3) is 0.680. The van der Waals surface area contributed by atoms with Crippen LogP contribution in [-0.2, 0) is 0 Å². The summed E-state index contributed by atoms with van der Waals surface area (Å²) in [6.07, 6.45) is 11.6. The van der Waals surface area contributed by atoms with Crippen molar-refractivity contribution in [1.29, 1.82) is 5.26 Å². The zero-order valence-electron chi connectivity index (χ0n) is 19.1. The molecule has 2 aromatic heterocycles. The first-order chi connectivity index (χ1) is 14.1. The summed E-state index contributed by atoms with van der Waals surface area (Å²) in [5, 5.41) is 11.5. The molecule has 158 valence electrons. The monoisotopic (exact) mass is 501 g/mol. The Morgan fingerprint density at radius 3 is 2.07 bits per heavy atom. The van der Waals surface area contributed by atoms with Crippen LogP contribution in [0.4, 0.5) is 0 Å². The van der Waals surface area contributed by atoms with E-state index in [-0.39, 0.29) is 0 Å². The second kappa shape index (κ2) is 10.3. The van der Waals surface area contributed by atoms with Crippen LogP contribution in [0, 0.1) is 18.3 Å². The van der Waals surface area contributed by atoms with Crippen LogP contribution in [0.1, 0.15) is 95.9 Å². The number of aryl methyl sites for hydroxylation is 1. The fourth-order valence-electron chi connectivity index (χ4n) is 5.19. The number of rotatable bonds is 11. The molecular weight excluding hydrogens is 461 g/mol. The Morgan fingerprint density at radius 1 is 1.03 bits per heavy atom. The van der Waals surface area contributed by atoms with E-state index in [0.29, 0.717) is 6.04 Å². The van der Waals surface area contributed by atoms with Crippen molar-refractivity contribution in [1.82, 2.24) is 9.55 Å². The predicted octanol–water partition coefficient (Wildman–Crippen LogP) is 7.00. The molecule has 4 heteroatoms. The third-order valence-corrected chi connectivity index (χ3v) is 22.6. The molecule has 1 aliphatic carbocycles. The van der Waals surface area contributed by atoms with Gasteiger partial charge in [-0.15, -0.1) is 0 Å². The average molecular weight is 500 g/mol. The van der Waals surface area contributed by atoms with Crippen molar-refractivity contribution < 1.29 is 0 Å². The summed E-state index contributed by atoms with van der Waals surface area (Å²) < 4.78 is 8.41. The molecule has 0 bridgehead atoms. The van der Waals surface area contributed by atoms with E-state index >= 15 is 0 Å². The third-order valence-electron chi connectivity index (χ3n) is 7.07. The van der Waals surface area contributed by atoms with Crippen LogP contribution in [0.2, 0.25) is 13.3 Å². The van der Waals surface area contributed by atoms with E-state index in [4.69, 9.17) is 4.98 Å². The van der Waals surface area contributed by atoms with E-state index in [1.54, 1.807) is 3.71 Å². The number of unbranched alkanes of at least 4 members (excludes halogenated alkanes) is 3. The zero-order chi connectivity index (χ0) is 20.9. The topological polar surface area (TPSA) is 41.6 Å². The van der Waals surface area contributed by atoms with Gasteiger partial charge in [0.1, 0.15) is 0 Å². The SMILES string of the molecule is CCC[CH2][Sn]([CH2]CCC)([CH2]CCC)[c]1c(C#N)c2ccc(C)nc2n1C1CCC1. The molecule has 3 nitrogen and oxygen atoms in total. The van der Waals surface area contributed by atoms with Crippen molar-refractivity contribution in [2.24, 2.45) is 0 Å². The molecule has 3 rings (SSSR count). The molecule has 1 fully saturated rings. The predicted molar refractivity (Wildman–Crippen MR) is 127 cm³/mol. The second-order valence-electron chi connectivity index (χ2n) is 9.20. The Bertz CT molecular complexity index is 835. The number of nitrogens with zero attached hydrogens (tertiary/aromatic N) is 3. The van der Waals surface area contributed by atoms with Gasteiger partial charge in [-0.25, -0.2) is 0 Å². The summed E-state index contributed by atoms with van der Waals surface area (Å²) in [4.78, 5) is 5.01. The van der Waals surface area contributed by atoms with E-state index in [9.17, 15) is 5.26 Å². The standard InChI is InChI=1S/C13H12N3.3C4H9.Sn/c1-9-5-6-12-10(7-14)8-16(13(12)15-9)11-3-2-4-11;3*1-3-4-2;/h5-6,11H,2-4H2,1H3;3*1,3-4H2,2H3;. The van der Waals surface area contributed by atoms with Gasteiger partial charge >= 0.3 is 182 Å². The molecule has 29 heavy (non-hydrogen) atoms. The molecule has 2 aromatic rings. The van der Waals surface area contributed by atoms with Gasteiger partial charge in [-0.1, -0.05) is 0 Å². The molecule has 0 spiro atoms. The van der Waals surface area contributed by atoms with Crippen LogP contribution in [0.25, 0.3) is 11.0 Å². The molecule has 0 aromatic carbocycles. The first-order valence-electron chi connectivity index (χ1n) is 12.0. The number of hydrogen-bond acceptors (Lipinski definition) is 2. The van der Waals surface area contributed by atoms with Crippen LogP contribution < -0.4 is 3.71 Å². The summed E-state index contributed by atoms with van der Waals surface area (Å²) in [6, 6.07) is 7.56. The van der Waals surface area contributed by atoms with Gasteiger partial charge in [0.15, 0.2) is 0 Å². The summed E-state index contributed by atoms with van der Waals surface area (Å²) in [7, 11) is 0. The Morgan fingerprint density at radius 2 is 1.62 bits per heavy atom. The molecule has 0 atom stereocenters. The van der Waals surface area contributed by atoms with E-state index in [1.165, 1.54) is 71.1 Å². The van der Waals surface area contributed by atoms with Gasteiger partial charge in [-0.3, -0.25) is 0 Å². The zero-order valence-corrected chi connectivity index (χ0v) is 21.9. The van der Waals surface area contributed by atoms with Gasteiger partial charge < -0.3 is 0 Å². The molecule has 0 amide bonds. The maximum absolute atomic E-state index is 10.4. The van der Waals surface area contributed by atoms with Crippen molar-refractivity contribution in [2.75, 3.05) is 0 Å². The fourth-order valence-corrected chi connectivity index (χ4v) is 22.5. The van der Waals surface area contributed by atoms with Crippen molar-refractivity contribution in [2.45, 2.75) is 105 Å². The molecule has 1 aliphatic rings. The van der Waals surface area contributed by atoms with Gasteiger partial charge in [0, 0.05) is 0 Å². The number of hydrogen-bond donors (Lipinski definition) is 0. The van der Waals surface area contributed by atoms with Crippen molar-refractivity contribution >= 4 is 33.1 Å². The Hall–Kier alpha value is -1.02. The van der Waals surface area contributed by atoms with Crippen LogP contribution >= 0.6 is 0 Å². The molecule has 2 heterocycles. The van der Waals surface area contributed by atoms with E-state index < -0.39 is 18.4 Å². The molecule has 0 unspecified atom stereocenters. The van der Waals surface area contributed by atoms with Crippen LogP contribution in [0.3, 0.4) is 0 Å². The molecule has 0 aliphatic heterocycles. The van der Waals surface area contributed by atoms with Crippen LogP contribution in [-0.4, -0.2) is 27.9 Å².